The average molecular weight is 540 g/mol. The van der Waals surface area contributed by atoms with Crippen LogP contribution in [0.15, 0.2) is 22.6 Å². The summed E-state index contributed by atoms with van der Waals surface area (Å²) in [6, 6.07) is 0.669. The molecule has 1 aliphatic carbocycles. The molecule has 2 unspecified atom stereocenters. The van der Waals surface area contributed by atoms with Crippen LogP contribution in [0.4, 0.5) is 5.82 Å². The molecule has 1 aromatic rings. The summed E-state index contributed by atoms with van der Waals surface area (Å²) in [6.07, 6.45) is 7.55. The van der Waals surface area contributed by atoms with E-state index in [0.29, 0.717) is 18.9 Å². The van der Waals surface area contributed by atoms with Gasteiger partial charge in [-0.1, -0.05) is 45.6 Å². The van der Waals surface area contributed by atoms with Gasteiger partial charge in [-0.2, -0.15) is 4.98 Å². The molecule has 0 spiro atoms. The van der Waals surface area contributed by atoms with Crippen molar-refractivity contribution in [1.29, 1.82) is 0 Å². The van der Waals surface area contributed by atoms with E-state index in [1.165, 1.54) is 16.8 Å². The van der Waals surface area contributed by atoms with Crippen molar-refractivity contribution >= 4 is 32.1 Å². The van der Waals surface area contributed by atoms with Gasteiger partial charge in [0, 0.05) is 12.4 Å². The fourth-order valence-electron chi connectivity index (χ4n) is 3.78. The SMILES string of the molecule is CCCC(CCC)COC(=O)[C@H](C)N[P+](=O)OCC1(COC(=O)C(C)C)C/C1=C/n1ccc(N)nc1=O. The van der Waals surface area contributed by atoms with Crippen LogP contribution in [0.2, 0.25) is 0 Å². The fourth-order valence-corrected chi connectivity index (χ4v) is 4.64. The molecule has 1 aliphatic rings. The molecule has 0 saturated heterocycles. The highest BCUT2D eigenvalue weighted by Gasteiger charge is 2.53. The first-order valence-corrected chi connectivity index (χ1v) is 13.9. The number of hydrogen-bond acceptors (Lipinski definition) is 9. The first-order valence-electron chi connectivity index (χ1n) is 12.8. The Hall–Kier alpha value is -2.62. The highest BCUT2D eigenvalue weighted by Crippen LogP contribution is 2.54. The molecule has 0 radical (unpaired) electrons. The largest absolute Gasteiger partial charge is 0.613 e. The quantitative estimate of drug-likeness (QED) is 0.235. The number of aromatic nitrogens is 2. The summed E-state index contributed by atoms with van der Waals surface area (Å²) in [5.74, 6) is -0.758. The number of nitrogen functional groups attached to an aromatic ring is 1. The minimum Gasteiger partial charge on any atom is -0.464 e. The van der Waals surface area contributed by atoms with Crippen LogP contribution in [-0.2, 0) is 28.2 Å². The van der Waals surface area contributed by atoms with E-state index in [-0.39, 0.29) is 30.9 Å². The molecule has 1 aromatic heterocycles. The lowest BCUT2D eigenvalue weighted by atomic mass is 9.99. The van der Waals surface area contributed by atoms with Gasteiger partial charge in [0.05, 0.1) is 17.9 Å². The zero-order chi connectivity index (χ0) is 27.6. The Kier molecular flexibility index (Phi) is 11.9. The van der Waals surface area contributed by atoms with Crippen LogP contribution in [0, 0.1) is 17.3 Å². The summed E-state index contributed by atoms with van der Waals surface area (Å²) >= 11 is 0. The van der Waals surface area contributed by atoms with Crippen LogP contribution in [-0.4, -0.2) is 47.4 Å². The van der Waals surface area contributed by atoms with Crippen LogP contribution in [0.3, 0.4) is 0 Å². The van der Waals surface area contributed by atoms with Crippen molar-refractivity contribution in [3.8, 4) is 0 Å². The second kappa shape index (κ2) is 14.4. The molecule has 37 heavy (non-hydrogen) atoms. The number of nitrogens with two attached hydrogens (primary N) is 1. The van der Waals surface area contributed by atoms with Crippen molar-refractivity contribution in [2.24, 2.45) is 17.3 Å². The molecule has 0 aromatic carbocycles. The van der Waals surface area contributed by atoms with Crippen molar-refractivity contribution < 1.29 is 28.2 Å². The summed E-state index contributed by atoms with van der Waals surface area (Å²) in [7, 11) is -2.41. The summed E-state index contributed by atoms with van der Waals surface area (Å²) in [4.78, 5) is 40.2. The number of esters is 2. The van der Waals surface area contributed by atoms with Crippen LogP contribution in [0.1, 0.15) is 66.7 Å². The van der Waals surface area contributed by atoms with E-state index in [2.05, 4.69) is 23.9 Å². The lowest BCUT2D eigenvalue weighted by Crippen LogP contribution is -2.33. The Labute approximate surface area is 219 Å². The van der Waals surface area contributed by atoms with Gasteiger partial charge in [-0.25, -0.2) is 4.79 Å². The number of carbonyl (C=O) groups is 2. The predicted molar refractivity (Wildman–Crippen MR) is 140 cm³/mol. The molecule has 11 nitrogen and oxygen atoms in total. The molecule has 206 valence electrons. The van der Waals surface area contributed by atoms with E-state index in [1.807, 2.05) is 0 Å². The minimum atomic E-state index is -2.41. The Morgan fingerprint density at radius 2 is 1.86 bits per heavy atom. The van der Waals surface area contributed by atoms with Gasteiger partial charge in [-0.3, -0.25) is 14.2 Å². The number of rotatable bonds is 16. The zero-order valence-electron chi connectivity index (χ0n) is 22.4. The Morgan fingerprint density at radius 1 is 1.19 bits per heavy atom. The van der Waals surface area contributed by atoms with Gasteiger partial charge in [0.2, 0.25) is 0 Å². The molecule has 0 bridgehead atoms. The number of anilines is 1. The Balaban J connectivity index is 1.98. The van der Waals surface area contributed by atoms with E-state index in [9.17, 15) is 18.9 Å². The molecular weight excluding hydrogens is 499 g/mol. The van der Waals surface area contributed by atoms with Crippen molar-refractivity contribution in [2.75, 3.05) is 25.6 Å². The summed E-state index contributed by atoms with van der Waals surface area (Å²) < 4.78 is 30.2. The number of nitrogens with zero attached hydrogens (tertiary/aromatic N) is 2. The maximum absolute atomic E-state index is 12.6. The van der Waals surface area contributed by atoms with Gasteiger partial charge in [0.1, 0.15) is 25.1 Å². The van der Waals surface area contributed by atoms with E-state index < -0.39 is 31.3 Å². The first-order chi connectivity index (χ1) is 17.5. The highest BCUT2D eigenvalue weighted by molar-refractivity contribution is 7.36. The third kappa shape index (κ3) is 9.64. The summed E-state index contributed by atoms with van der Waals surface area (Å²) in [5, 5.41) is 2.64. The van der Waals surface area contributed by atoms with E-state index in [4.69, 9.17) is 19.7 Å². The molecule has 3 N–H and O–H groups in total. The van der Waals surface area contributed by atoms with Gasteiger partial charge >= 0.3 is 25.8 Å². The minimum absolute atomic E-state index is 0.00398. The van der Waals surface area contributed by atoms with E-state index >= 15 is 0 Å². The Morgan fingerprint density at radius 3 is 2.46 bits per heavy atom. The van der Waals surface area contributed by atoms with Gasteiger partial charge < -0.3 is 15.2 Å². The standard InChI is InChI=1S/C25H39N4O7P/c1-6-8-19(9-7-2)14-34-23(31)18(5)28-37(33)36-16-25(15-35-22(30)17(3)4)12-20(25)13-29-11-10-21(26)27-24(29)32/h10-11,13,17-19H,6-9,12,14-16H2,1-5H3,(H2-,26,27,28,32,33)/p+1/b20-13-/t18-,25?/m0/s1. The first kappa shape index (κ1) is 30.6. The van der Waals surface area contributed by atoms with Crippen LogP contribution >= 0.6 is 8.18 Å². The molecule has 1 heterocycles. The normalized spacial score (nSPS) is 19.2. The van der Waals surface area contributed by atoms with Gasteiger partial charge in [-0.05, 0) is 48.3 Å². The molecule has 12 heteroatoms. The van der Waals surface area contributed by atoms with Gasteiger partial charge in [0.15, 0.2) is 0 Å². The maximum atomic E-state index is 12.6. The van der Waals surface area contributed by atoms with Crippen LogP contribution in [0.25, 0.3) is 6.20 Å². The Bertz CT molecular complexity index is 1040. The monoisotopic (exact) mass is 539 g/mol. The molecule has 1 fully saturated rings. The zero-order valence-corrected chi connectivity index (χ0v) is 23.3. The molecule has 0 amide bonds. The van der Waals surface area contributed by atoms with Crippen LogP contribution in [0.5, 0.6) is 0 Å². The summed E-state index contributed by atoms with van der Waals surface area (Å²) in [6.45, 7) is 9.51. The smallest absolute Gasteiger partial charge is 0.464 e. The van der Waals surface area contributed by atoms with E-state index in [1.54, 1.807) is 27.0 Å². The lowest BCUT2D eigenvalue weighted by Gasteiger charge is -2.16. The van der Waals surface area contributed by atoms with Crippen molar-refractivity contribution in [2.45, 2.75) is 72.8 Å². The topological polar surface area (TPSA) is 152 Å². The highest BCUT2D eigenvalue weighted by atomic mass is 31.1. The van der Waals surface area contributed by atoms with Gasteiger partial charge in [-0.15, -0.1) is 4.52 Å². The van der Waals surface area contributed by atoms with E-state index in [0.717, 1.165) is 31.3 Å². The summed E-state index contributed by atoms with van der Waals surface area (Å²) in [5.41, 5.74) is 5.03. The average Bonchev–Trinajstić information content (AvgIpc) is 3.53. The van der Waals surface area contributed by atoms with Crippen molar-refractivity contribution in [3.63, 3.8) is 0 Å². The lowest BCUT2D eigenvalue weighted by molar-refractivity contribution is -0.149. The number of nitrogens with one attached hydrogen (secondary N) is 1. The maximum Gasteiger partial charge on any atom is 0.613 e. The molecule has 3 atom stereocenters. The van der Waals surface area contributed by atoms with Crippen LogP contribution < -0.4 is 16.5 Å². The number of carbonyl (C=O) groups excluding carboxylic acids is 2. The van der Waals surface area contributed by atoms with Crippen molar-refractivity contribution in [1.82, 2.24) is 14.6 Å². The third-order valence-corrected chi connectivity index (χ3v) is 7.12. The third-order valence-electron chi connectivity index (χ3n) is 6.16. The predicted octanol–water partition coefficient (Wildman–Crippen LogP) is 3.67. The second-order valence-electron chi connectivity index (χ2n) is 9.87. The molecule has 0 aliphatic heterocycles. The molecular formula is C25H40N4O7P+. The number of ether oxygens (including phenoxy) is 2. The number of hydrogen-bond donors (Lipinski definition) is 2. The fraction of sp³-hybridized carbons (Fsp3) is 0.680. The molecule has 1 saturated carbocycles. The molecule has 2 rings (SSSR count). The van der Waals surface area contributed by atoms with Gasteiger partial charge in [0.25, 0.3) is 0 Å². The van der Waals surface area contributed by atoms with Crippen molar-refractivity contribution in [3.05, 3.63) is 28.3 Å². The second-order valence-corrected chi connectivity index (χ2v) is 10.9.